The van der Waals surface area contributed by atoms with Crippen molar-refractivity contribution in [3.05, 3.63) is 28.5 Å². The van der Waals surface area contributed by atoms with Crippen molar-refractivity contribution >= 4 is 17.4 Å². The van der Waals surface area contributed by atoms with Gasteiger partial charge in [0.2, 0.25) is 0 Å². The molecule has 0 aliphatic rings. The Morgan fingerprint density at radius 3 is 2.71 bits per heavy atom. The fourth-order valence-electron chi connectivity index (χ4n) is 1.01. The molecule has 0 aliphatic carbocycles. The number of Topliss-reactive ketones (excluding diaryl/α,β-unsaturated/α-hetero) is 1. The summed E-state index contributed by atoms with van der Waals surface area (Å²) >= 11 is 5.44. The van der Waals surface area contributed by atoms with Crippen molar-refractivity contribution in [1.82, 2.24) is 0 Å². The number of phenolic OH excluding ortho intramolecular Hbond substituents is 1. The van der Waals surface area contributed by atoms with Gasteiger partial charge >= 0.3 is 0 Å². The minimum absolute atomic E-state index is 0.140. The second-order valence-corrected chi connectivity index (χ2v) is 3.16. The lowest BCUT2D eigenvalue weighted by molar-refractivity contribution is 0.0985. The molecule has 0 saturated heterocycles. The Morgan fingerprint density at radius 1 is 1.57 bits per heavy atom. The van der Waals surface area contributed by atoms with Gasteiger partial charge in [0.05, 0.1) is 5.02 Å². The van der Waals surface area contributed by atoms with Crippen molar-refractivity contribution in [2.24, 2.45) is 5.73 Å². The van der Waals surface area contributed by atoms with Crippen molar-refractivity contribution in [3.8, 4) is 5.75 Å². The molecule has 0 amide bonds. The van der Waals surface area contributed by atoms with Gasteiger partial charge in [-0.15, -0.1) is 0 Å². The smallest absolute Gasteiger partial charge is 0.183 e. The summed E-state index contributed by atoms with van der Waals surface area (Å²) in [5, 5.41) is 8.78. The molecule has 1 aromatic carbocycles. The van der Waals surface area contributed by atoms with Gasteiger partial charge in [0.15, 0.2) is 17.3 Å². The third kappa shape index (κ3) is 2.21. The third-order valence-electron chi connectivity index (χ3n) is 1.70. The van der Waals surface area contributed by atoms with Gasteiger partial charge in [-0.1, -0.05) is 11.6 Å². The number of ketones is 1. The van der Waals surface area contributed by atoms with E-state index in [1.54, 1.807) is 0 Å². The second-order valence-electron chi connectivity index (χ2n) is 2.75. The number of carbonyl (C=O) groups excluding carboxylic acids is 1. The lowest BCUT2D eigenvalue weighted by Gasteiger charge is -2.02. The minimum atomic E-state index is -0.920. The van der Waals surface area contributed by atoms with Crippen molar-refractivity contribution in [3.63, 3.8) is 0 Å². The Bertz CT molecular complexity index is 345. The molecule has 0 unspecified atom stereocenters. The predicted molar refractivity (Wildman–Crippen MR) is 51.1 cm³/mol. The zero-order chi connectivity index (χ0) is 10.7. The zero-order valence-electron chi connectivity index (χ0n) is 7.26. The summed E-state index contributed by atoms with van der Waals surface area (Å²) in [5.41, 5.74) is 5.35. The van der Waals surface area contributed by atoms with E-state index >= 15 is 0 Å². The molecule has 5 heteroatoms. The van der Waals surface area contributed by atoms with Crippen LogP contribution in [0.1, 0.15) is 16.8 Å². The molecule has 0 radical (unpaired) electrons. The summed E-state index contributed by atoms with van der Waals surface area (Å²) in [6, 6.07) is 2.22. The van der Waals surface area contributed by atoms with Crippen LogP contribution in [0, 0.1) is 5.82 Å². The highest BCUT2D eigenvalue weighted by molar-refractivity contribution is 6.31. The molecule has 0 saturated carbocycles. The number of benzene rings is 1. The highest BCUT2D eigenvalue weighted by Crippen LogP contribution is 2.25. The van der Waals surface area contributed by atoms with Crippen LogP contribution in [-0.2, 0) is 0 Å². The van der Waals surface area contributed by atoms with Gasteiger partial charge in [0.25, 0.3) is 0 Å². The van der Waals surface area contributed by atoms with Gasteiger partial charge in [0, 0.05) is 12.0 Å². The van der Waals surface area contributed by atoms with Gasteiger partial charge in [-0.25, -0.2) is 4.39 Å². The van der Waals surface area contributed by atoms with E-state index in [9.17, 15) is 9.18 Å². The highest BCUT2D eigenvalue weighted by Gasteiger charge is 2.12. The molecule has 0 aliphatic heterocycles. The molecule has 0 heterocycles. The zero-order valence-corrected chi connectivity index (χ0v) is 8.01. The molecular formula is C9H9ClFNO2. The molecule has 1 rings (SSSR count). The van der Waals surface area contributed by atoms with Crippen LogP contribution >= 0.6 is 11.6 Å². The Kier molecular flexibility index (Phi) is 3.43. The van der Waals surface area contributed by atoms with E-state index < -0.39 is 11.6 Å². The molecule has 14 heavy (non-hydrogen) atoms. The quantitative estimate of drug-likeness (QED) is 0.758. The average Bonchev–Trinajstić information content (AvgIpc) is 2.13. The monoisotopic (exact) mass is 217 g/mol. The first-order valence-corrected chi connectivity index (χ1v) is 4.35. The summed E-state index contributed by atoms with van der Waals surface area (Å²) < 4.78 is 12.8. The Hall–Kier alpha value is -1.13. The van der Waals surface area contributed by atoms with E-state index in [1.165, 1.54) is 6.07 Å². The Balaban J connectivity index is 3.06. The summed E-state index contributed by atoms with van der Waals surface area (Å²) in [4.78, 5) is 11.3. The maximum Gasteiger partial charge on any atom is 0.183 e. The van der Waals surface area contributed by atoms with Gasteiger partial charge < -0.3 is 10.8 Å². The first-order valence-electron chi connectivity index (χ1n) is 3.97. The summed E-state index contributed by atoms with van der Waals surface area (Å²) in [6.45, 7) is 0.203. The topological polar surface area (TPSA) is 63.3 Å². The number of carbonyl (C=O) groups is 1. The van der Waals surface area contributed by atoms with E-state index in [1.807, 2.05) is 0 Å². The average molecular weight is 218 g/mol. The van der Waals surface area contributed by atoms with Crippen LogP contribution in [0.15, 0.2) is 12.1 Å². The first-order chi connectivity index (χ1) is 6.56. The summed E-state index contributed by atoms with van der Waals surface area (Å²) in [5.74, 6) is -1.82. The summed E-state index contributed by atoms with van der Waals surface area (Å²) in [7, 11) is 0. The predicted octanol–water partition coefficient (Wildman–Crippen LogP) is 1.72. The molecule has 0 bridgehead atoms. The molecule has 0 aromatic heterocycles. The van der Waals surface area contributed by atoms with Crippen LogP contribution in [0.2, 0.25) is 5.02 Å². The largest absolute Gasteiger partial charge is 0.505 e. The minimum Gasteiger partial charge on any atom is -0.505 e. The number of nitrogens with two attached hydrogens (primary N) is 1. The molecule has 3 nitrogen and oxygen atoms in total. The number of hydrogen-bond donors (Lipinski definition) is 2. The maximum absolute atomic E-state index is 12.8. The molecule has 0 fully saturated rings. The van der Waals surface area contributed by atoms with E-state index in [2.05, 4.69) is 0 Å². The third-order valence-corrected chi connectivity index (χ3v) is 1.98. The Labute approximate surface area is 85.3 Å². The van der Waals surface area contributed by atoms with Crippen LogP contribution in [-0.4, -0.2) is 17.4 Å². The van der Waals surface area contributed by atoms with Crippen LogP contribution < -0.4 is 5.73 Å². The van der Waals surface area contributed by atoms with Crippen molar-refractivity contribution in [2.75, 3.05) is 6.54 Å². The normalized spacial score (nSPS) is 10.2. The van der Waals surface area contributed by atoms with E-state index in [0.717, 1.165) is 6.07 Å². The number of aromatic hydroxyl groups is 1. The molecular weight excluding hydrogens is 209 g/mol. The summed E-state index contributed by atoms with van der Waals surface area (Å²) in [6.07, 6.45) is 0.140. The van der Waals surface area contributed by atoms with Gasteiger partial charge in [-0.3, -0.25) is 4.79 Å². The highest BCUT2D eigenvalue weighted by atomic mass is 35.5. The van der Waals surface area contributed by atoms with Crippen molar-refractivity contribution in [2.45, 2.75) is 6.42 Å². The molecule has 0 spiro atoms. The van der Waals surface area contributed by atoms with E-state index in [4.69, 9.17) is 22.4 Å². The molecule has 1 aromatic rings. The van der Waals surface area contributed by atoms with Gasteiger partial charge in [-0.05, 0) is 18.7 Å². The number of phenols is 1. The fourth-order valence-corrected chi connectivity index (χ4v) is 1.23. The fraction of sp³-hybridized carbons (Fsp3) is 0.222. The van der Waals surface area contributed by atoms with Crippen molar-refractivity contribution in [1.29, 1.82) is 0 Å². The van der Waals surface area contributed by atoms with Crippen LogP contribution in [0.5, 0.6) is 5.75 Å². The van der Waals surface area contributed by atoms with Gasteiger partial charge in [-0.2, -0.15) is 0 Å². The number of rotatable bonds is 3. The lowest BCUT2D eigenvalue weighted by Crippen LogP contribution is -2.08. The van der Waals surface area contributed by atoms with Gasteiger partial charge in [0.1, 0.15) is 0 Å². The van der Waals surface area contributed by atoms with Crippen molar-refractivity contribution < 1.29 is 14.3 Å². The second kappa shape index (κ2) is 4.39. The Morgan fingerprint density at radius 2 is 2.21 bits per heavy atom. The molecule has 76 valence electrons. The van der Waals surface area contributed by atoms with Crippen LogP contribution in [0.3, 0.4) is 0 Å². The number of halogens is 2. The van der Waals surface area contributed by atoms with E-state index in [-0.39, 0.29) is 29.3 Å². The molecule has 3 N–H and O–H groups in total. The molecule has 0 atom stereocenters. The SMILES string of the molecule is NCCC(=O)c1cc(O)c(F)c(Cl)c1. The van der Waals surface area contributed by atoms with Crippen LogP contribution in [0.4, 0.5) is 4.39 Å². The van der Waals surface area contributed by atoms with Crippen LogP contribution in [0.25, 0.3) is 0 Å². The maximum atomic E-state index is 12.8. The van der Waals surface area contributed by atoms with E-state index in [0.29, 0.717) is 0 Å². The first kappa shape index (κ1) is 10.9. The standard InChI is InChI=1S/C9H9ClFNO2/c10-6-3-5(7(13)1-2-12)4-8(14)9(6)11/h3-4,14H,1-2,12H2. The lowest BCUT2D eigenvalue weighted by atomic mass is 10.1. The number of hydrogen-bond acceptors (Lipinski definition) is 3.